The molecule has 0 aliphatic heterocycles. The molecule has 0 spiro atoms. The van der Waals surface area contributed by atoms with Crippen LogP contribution in [-0.4, -0.2) is 26.8 Å². The Balaban J connectivity index is 0.878. The summed E-state index contributed by atoms with van der Waals surface area (Å²) in [5.74, 6) is 9.66. The Morgan fingerprint density at radius 3 is 1.07 bits per heavy atom. The summed E-state index contributed by atoms with van der Waals surface area (Å²) in [6.07, 6.45) is 14.9. The van der Waals surface area contributed by atoms with Crippen molar-refractivity contribution in [1.82, 2.24) is 0 Å². The number of hydrogen-bond donors (Lipinski definition) is 0. The average Bonchev–Trinajstić information content (AvgIpc) is 2.63. The molecule has 3 heteroatoms. The molecule has 152 valence electrons. The first-order chi connectivity index (χ1) is 13.3. The maximum Gasteiger partial charge on any atom is 0.149 e. The molecule has 8 rings (SSSR count). The standard InChI is InChI=1S/C24H38O3/c1-15-3-19-5-16(1)6-20(4-15)23(19)11-25-13-27-14-26-12-24-21-7-17-2-18(9-21)10-22(24)8-17/h15-24H,1-14H2. The van der Waals surface area contributed by atoms with E-state index in [1.165, 1.54) is 64.2 Å². The van der Waals surface area contributed by atoms with E-state index in [2.05, 4.69) is 0 Å². The van der Waals surface area contributed by atoms with Crippen molar-refractivity contribution in [3.05, 3.63) is 0 Å². The Labute approximate surface area is 164 Å². The van der Waals surface area contributed by atoms with Gasteiger partial charge in [0.2, 0.25) is 0 Å². The topological polar surface area (TPSA) is 27.7 Å². The fourth-order valence-corrected chi connectivity index (χ4v) is 9.14. The van der Waals surface area contributed by atoms with Gasteiger partial charge in [0.05, 0.1) is 13.2 Å². The third kappa shape index (κ3) is 3.40. The second-order valence-electron chi connectivity index (χ2n) is 11.4. The highest BCUT2D eigenvalue weighted by Gasteiger charge is 2.49. The predicted molar refractivity (Wildman–Crippen MR) is 104 cm³/mol. The van der Waals surface area contributed by atoms with Crippen LogP contribution in [0, 0.1) is 59.2 Å². The quantitative estimate of drug-likeness (QED) is 0.437. The van der Waals surface area contributed by atoms with E-state index in [0.29, 0.717) is 13.6 Å². The van der Waals surface area contributed by atoms with Gasteiger partial charge >= 0.3 is 0 Å². The van der Waals surface area contributed by atoms with E-state index >= 15 is 0 Å². The van der Waals surface area contributed by atoms with Crippen LogP contribution in [0.25, 0.3) is 0 Å². The van der Waals surface area contributed by atoms with Crippen LogP contribution in [0.5, 0.6) is 0 Å². The predicted octanol–water partition coefficient (Wildman–Crippen LogP) is 5.10. The molecule has 8 aliphatic carbocycles. The van der Waals surface area contributed by atoms with Gasteiger partial charge in [-0.15, -0.1) is 0 Å². The lowest BCUT2D eigenvalue weighted by atomic mass is 9.52. The van der Waals surface area contributed by atoms with Crippen molar-refractivity contribution in [2.45, 2.75) is 64.2 Å². The Bertz CT molecular complexity index is 430. The van der Waals surface area contributed by atoms with Crippen LogP contribution in [0.3, 0.4) is 0 Å². The van der Waals surface area contributed by atoms with E-state index in [1.54, 1.807) is 0 Å². The van der Waals surface area contributed by atoms with Crippen molar-refractivity contribution < 1.29 is 14.2 Å². The van der Waals surface area contributed by atoms with Crippen LogP contribution in [-0.2, 0) is 14.2 Å². The van der Waals surface area contributed by atoms with E-state index in [1.807, 2.05) is 0 Å². The zero-order valence-corrected chi connectivity index (χ0v) is 16.9. The molecule has 0 atom stereocenters. The van der Waals surface area contributed by atoms with E-state index < -0.39 is 0 Å². The van der Waals surface area contributed by atoms with Gasteiger partial charge in [-0.05, 0) is 123 Å². The Morgan fingerprint density at radius 2 is 0.741 bits per heavy atom. The number of hydrogen-bond acceptors (Lipinski definition) is 3. The molecule has 0 radical (unpaired) electrons. The van der Waals surface area contributed by atoms with Crippen LogP contribution in [0.4, 0.5) is 0 Å². The van der Waals surface area contributed by atoms with Gasteiger partial charge in [0.15, 0.2) is 0 Å². The fourth-order valence-electron chi connectivity index (χ4n) is 9.14. The smallest absolute Gasteiger partial charge is 0.149 e. The van der Waals surface area contributed by atoms with Gasteiger partial charge in [-0.25, -0.2) is 0 Å². The molecule has 8 saturated carbocycles. The molecule has 0 aromatic heterocycles. The van der Waals surface area contributed by atoms with Gasteiger partial charge in [-0.3, -0.25) is 0 Å². The van der Waals surface area contributed by atoms with Crippen LogP contribution < -0.4 is 0 Å². The first-order valence-electron chi connectivity index (χ1n) is 12.0. The summed E-state index contributed by atoms with van der Waals surface area (Å²) in [6.45, 7) is 2.68. The normalized spacial score (nSPS) is 52.0. The SMILES string of the molecule is C(OCOCC1C2CC3CC(C2)CC1C3)OCC1C2CC3CC(C2)CC1C3. The minimum Gasteiger partial charge on any atom is -0.355 e. The van der Waals surface area contributed by atoms with Crippen molar-refractivity contribution >= 4 is 0 Å². The van der Waals surface area contributed by atoms with Crippen LogP contribution >= 0.6 is 0 Å². The second-order valence-corrected chi connectivity index (χ2v) is 11.4. The van der Waals surface area contributed by atoms with Crippen molar-refractivity contribution in [1.29, 1.82) is 0 Å². The molecule has 0 heterocycles. The molecule has 8 fully saturated rings. The van der Waals surface area contributed by atoms with Crippen molar-refractivity contribution in [2.75, 3.05) is 26.8 Å². The fraction of sp³-hybridized carbons (Fsp3) is 1.00. The molecule has 27 heavy (non-hydrogen) atoms. The molecule has 0 saturated heterocycles. The van der Waals surface area contributed by atoms with Gasteiger partial charge in [0.1, 0.15) is 13.6 Å². The molecule has 0 N–H and O–H groups in total. The highest BCUT2D eigenvalue weighted by atomic mass is 16.7. The molecule has 8 aliphatic rings. The van der Waals surface area contributed by atoms with Crippen molar-refractivity contribution in [3.63, 3.8) is 0 Å². The molecule has 0 unspecified atom stereocenters. The molecular formula is C24H38O3. The van der Waals surface area contributed by atoms with Gasteiger partial charge in [-0.1, -0.05) is 0 Å². The summed E-state index contributed by atoms with van der Waals surface area (Å²) in [5.41, 5.74) is 0. The highest BCUT2D eigenvalue weighted by Crippen LogP contribution is 2.57. The zero-order chi connectivity index (χ0) is 17.8. The Hall–Kier alpha value is -0.120. The maximum atomic E-state index is 5.94. The maximum absolute atomic E-state index is 5.94. The average molecular weight is 375 g/mol. The third-order valence-electron chi connectivity index (χ3n) is 9.80. The summed E-state index contributed by atoms with van der Waals surface area (Å²) >= 11 is 0. The molecule has 3 nitrogen and oxygen atoms in total. The first-order valence-corrected chi connectivity index (χ1v) is 12.0. The highest BCUT2D eigenvalue weighted by molar-refractivity contribution is 4.99. The number of ether oxygens (including phenoxy) is 3. The van der Waals surface area contributed by atoms with E-state index in [4.69, 9.17) is 14.2 Å². The third-order valence-corrected chi connectivity index (χ3v) is 9.80. The summed E-state index contributed by atoms with van der Waals surface area (Å²) in [6, 6.07) is 0. The zero-order valence-electron chi connectivity index (χ0n) is 16.9. The lowest BCUT2D eigenvalue weighted by molar-refractivity contribution is -0.166. The lowest BCUT2D eigenvalue weighted by Crippen LogP contribution is -2.46. The largest absolute Gasteiger partial charge is 0.355 e. The van der Waals surface area contributed by atoms with Crippen LogP contribution in [0.1, 0.15) is 64.2 Å². The van der Waals surface area contributed by atoms with Crippen molar-refractivity contribution in [2.24, 2.45) is 59.2 Å². The molecule has 0 aromatic rings. The first kappa shape index (κ1) is 17.7. The Kier molecular flexibility index (Phi) is 4.78. The molecular weight excluding hydrogens is 336 g/mol. The lowest BCUT2D eigenvalue weighted by Gasteiger charge is -2.54. The molecule has 8 bridgehead atoms. The Morgan fingerprint density at radius 1 is 0.407 bits per heavy atom. The van der Waals surface area contributed by atoms with Crippen molar-refractivity contribution in [3.8, 4) is 0 Å². The summed E-state index contributed by atoms with van der Waals surface area (Å²) in [5, 5.41) is 0. The summed E-state index contributed by atoms with van der Waals surface area (Å²) < 4.78 is 17.6. The summed E-state index contributed by atoms with van der Waals surface area (Å²) in [4.78, 5) is 0. The monoisotopic (exact) mass is 374 g/mol. The van der Waals surface area contributed by atoms with E-state index in [0.717, 1.165) is 72.4 Å². The van der Waals surface area contributed by atoms with E-state index in [-0.39, 0.29) is 0 Å². The van der Waals surface area contributed by atoms with E-state index in [9.17, 15) is 0 Å². The minimum absolute atomic E-state index is 0.421. The van der Waals surface area contributed by atoms with Gasteiger partial charge < -0.3 is 14.2 Å². The molecule has 0 aromatic carbocycles. The van der Waals surface area contributed by atoms with Crippen LogP contribution in [0.15, 0.2) is 0 Å². The summed E-state index contributed by atoms with van der Waals surface area (Å²) in [7, 11) is 0. The number of rotatable bonds is 8. The van der Waals surface area contributed by atoms with Gasteiger partial charge in [0, 0.05) is 0 Å². The van der Waals surface area contributed by atoms with Gasteiger partial charge in [0.25, 0.3) is 0 Å². The van der Waals surface area contributed by atoms with Crippen LogP contribution in [0.2, 0.25) is 0 Å². The minimum atomic E-state index is 0.421. The van der Waals surface area contributed by atoms with Gasteiger partial charge in [-0.2, -0.15) is 0 Å². The molecule has 0 amide bonds. The second kappa shape index (κ2) is 7.29.